The average molecular weight is 1320 g/mol. The van der Waals surface area contributed by atoms with E-state index in [-0.39, 0.29) is 38.6 Å². The highest BCUT2D eigenvalue weighted by Crippen LogP contribution is 2.43. The Morgan fingerprint density at radius 3 is 0.892 bits per heavy atom. The molecule has 0 aliphatic carbocycles. The summed E-state index contributed by atoms with van der Waals surface area (Å²) in [6, 6.07) is 0. The van der Waals surface area contributed by atoms with Crippen molar-refractivity contribution < 1.29 is 37.6 Å². The Hall–Kier alpha value is -3.33. The maximum atomic E-state index is 12.8. The lowest BCUT2D eigenvalue weighted by Crippen LogP contribution is -2.29. The molecule has 0 heterocycles. The fourth-order valence-electron chi connectivity index (χ4n) is 11.4. The number of phosphoric ester groups is 1. The van der Waals surface area contributed by atoms with E-state index in [0.29, 0.717) is 6.42 Å². The molecule has 0 bridgehead atoms. The fourth-order valence-corrected chi connectivity index (χ4v) is 12.1. The first-order valence-electron chi connectivity index (χ1n) is 39.4. The zero-order chi connectivity index (χ0) is 67.2. The summed E-state index contributed by atoms with van der Waals surface area (Å²) in [6.45, 7) is 3.66. The SMILES string of the molecule is CC/C=C\C/C=C\C/C=C\C/C=C\C/C=C\C/C=C\C/C=C\C/C=C\CCCCCCCCCCC(=O)OC(COC(=O)CCCCCCCCCCCCCCCCCCCCCCCCCCCCC/C=C\CCCCCCCCCC)COP(=O)(O)OCCN. The molecule has 0 saturated heterocycles. The molecule has 2 atom stereocenters. The van der Waals surface area contributed by atoms with Crippen LogP contribution >= 0.6 is 7.82 Å². The van der Waals surface area contributed by atoms with Crippen molar-refractivity contribution in [1.82, 2.24) is 0 Å². The van der Waals surface area contributed by atoms with Crippen LogP contribution in [0.15, 0.2) is 109 Å². The highest BCUT2D eigenvalue weighted by Gasteiger charge is 2.26. The van der Waals surface area contributed by atoms with Gasteiger partial charge in [-0.1, -0.05) is 367 Å². The number of carbonyl (C=O) groups excluding carboxylic acids is 2. The van der Waals surface area contributed by atoms with Gasteiger partial charge in [0.15, 0.2) is 6.10 Å². The summed E-state index contributed by atoms with van der Waals surface area (Å²) in [5.41, 5.74) is 5.41. The number of ether oxygens (including phenoxy) is 2. The summed E-state index contributed by atoms with van der Waals surface area (Å²) in [5, 5.41) is 0. The van der Waals surface area contributed by atoms with Crippen molar-refractivity contribution in [1.29, 1.82) is 0 Å². The molecule has 0 saturated carbocycles. The molecule has 0 fully saturated rings. The van der Waals surface area contributed by atoms with Crippen LogP contribution in [0.3, 0.4) is 0 Å². The first-order chi connectivity index (χ1) is 45.8. The number of esters is 2. The van der Waals surface area contributed by atoms with Crippen molar-refractivity contribution >= 4 is 19.8 Å². The second-order valence-electron chi connectivity index (χ2n) is 26.2. The largest absolute Gasteiger partial charge is 0.472 e. The molecule has 0 radical (unpaired) electrons. The molecular formula is C83H148NO8P. The average Bonchev–Trinajstić information content (AvgIpc) is 3.32. The molecule has 2 unspecified atom stereocenters. The smallest absolute Gasteiger partial charge is 0.462 e. The van der Waals surface area contributed by atoms with Gasteiger partial charge in [0.05, 0.1) is 13.2 Å². The Morgan fingerprint density at radius 1 is 0.333 bits per heavy atom. The summed E-state index contributed by atoms with van der Waals surface area (Å²) in [4.78, 5) is 35.4. The topological polar surface area (TPSA) is 134 Å². The van der Waals surface area contributed by atoms with Gasteiger partial charge in [-0.3, -0.25) is 18.6 Å². The highest BCUT2D eigenvalue weighted by atomic mass is 31.2. The molecule has 0 rings (SSSR count). The van der Waals surface area contributed by atoms with Crippen LogP contribution in [-0.4, -0.2) is 49.3 Å². The van der Waals surface area contributed by atoms with Crippen molar-refractivity contribution in [2.24, 2.45) is 5.73 Å². The van der Waals surface area contributed by atoms with Crippen LogP contribution in [0.25, 0.3) is 0 Å². The Morgan fingerprint density at radius 2 is 0.591 bits per heavy atom. The second kappa shape index (κ2) is 77.7. The number of nitrogens with two attached hydrogens (primary N) is 1. The Kier molecular flexibility index (Phi) is 74.9. The lowest BCUT2D eigenvalue weighted by molar-refractivity contribution is -0.161. The van der Waals surface area contributed by atoms with Crippen LogP contribution in [0.4, 0.5) is 0 Å². The normalized spacial score (nSPS) is 13.5. The van der Waals surface area contributed by atoms with Crippen LogP contribution in [0.5, 0.6) is 0 Å². The van der Waals surface area contributed by atoms with Crippen molar-refractivity contribution in [2.75, 3.05) is 26.4 Å². The van der Waals surface area contributed by atoms with E-state index in [1.165, 1.54) is 244 Å². The molecule has 538 valence electrons. The number of rotatable bonds is 74. The van der Waals surface area contributed by atoms with Gasteiger partial charge in [0.2, 0.25) is 0 Å². The van der Waals surface area contributed by atoms with Crippen molar-refractivity contribution in [3.05, 3.63) is 109 Å². The fraction of sp³-hybridized carbons (Fsp3) is 0.759. The molecule has 3 N–H and O–H groups in total. The summed E-state index contributed by atoms with van der Waals surface area (Å²) in [5.74, 6) is -0.828. The zero-order valence-electron chi connectivity index (χ0n) is 60.7. The van der Waals surface area contributed by atoms with Crippen LogP contribution in [-0.2, 0) is 32.7 Å². The third-order valence-corrected chi connectivity index (χ3v) is 18.1. The molecule has 0 aliphatic rings. The minimum Gasteiger partial charge on any atom is -0.462 e. The Labute approximate surface area is 575 Å². The van der Waals surface area contributed by atoms with Gasteiger partial charge in [-0.15, -0.1) is 0 Å². The summed E-state index contributed by atoms with van der Waals surface area (Å²) < 4.78 is 33.2. The van der Waals surface area contributed by atoms with Crippen LogP contribution in [0, 0.1) is 0 Å². The van der Waals surface area contributed by atoms with E-state index in [9.17, 15) is 19.0 Å². The minimum absolute atomic E-state index is 0.0486. The molecule has 0 aromatic carbocycles. The third kappa shape index (κ3) is 77.6. The van der Waals surface area contributed by atoms with Gasteiger partial charge in [0.1, 0.15) is 6.61 Å². The van der Waals surface area contributed by atoms with E-state index in [0.717, 1.165) is 96.3 Å². The molecule has 9 nitrogen and oxygen atoms in total. The number of phosphoric acid groups is 1. The van der Waals surface area contributed by atoms with Gasteiger partial charge < -0.3 is 20.1 Å². The van der Waals surface area contributed by atoms with Gasteiger partial charge in [-0.25, -0.2) is 4.57 Å². The molecule has 93 heavy (non-hydrogen) atoms. The van der Waals surface area contributed by atoms with Gasteiger partial charge >= 0.3 is 19.8 Å². The van der Waals surface area contributed by atoms with Crippen LogP contribution in [0.2, 0.25) is 0 Å². The number of unbranched alkanes of at least 4 members (excludes halogenated alkanes) is 43. The number of allylic oxidation sites excluding steroid dienone is 18. The molecule has 0 amide bonds. The van der Waals surface area contributed by atoms with Gasteiger partial charge in [0.25, 0.3) is 0 Å². The molecule has 0 aromatic rings. The number of carbonyl (C=O) groups is 2. The Bertz CT molecular complexity index is 1900. The van der Waals surface area contributed by atoms with Crippen molar-refractivity contribution in [2.45, 2.75) is 380 Å². The first-order valence-corrected chi connectivity index (χ1v) is 40.9. The van der Waals surface area contributed by atoms with Gasteiger partial charge in [-0.2, -0.15) is 0 Å². The second-order valence-corrected chi connectivity index (χ2v) is 27.7. The summed E-state index contributed by atoms with van der Waals surface area (Å²) in [7, 11) is -4.40. The quantitative estimate of drug-likeness (QED) is 0.0264. The Balaban J connectivity index is 3.83. The molecule has 0 spiro atoms. The lowest BCUT2D eigenvalue weighted by atomic mass is 10.0. The minimum atomic E-state index is -4.40. The maximum Gasteiger partial charge on any atom is 0.472 e. The highest BCUT2D eigenvalue weighted by molar-refractivity contribution is 7.47. The van der Waals surface area contributed by atoms with Crippen LogP contribution in [0.1, 0.15) is 373 Å². The first kappa shape index (κ1) is 89.7. The van der Waals surface area contributed by atoms with E-state index < -0.39 is 26.5 Å². The lowest BCUT2D eigenvalue weighted by Gasteiger charge is -2.19. The van der Waals surface area contributed by atoms with E-state index in [1.54, 1.807) is 0 Å². The maximum absolute atomic E-state index is 12.8. The van der Waals surface area contributed by atoms with Gasteiger partial charge in [-0.05, 0) is 103 Å². The summed E-state index contributed by atoms with van der Waals surface area (Å²) in [6.07, 6.45) is 108. The number of hydrogen-bond acceptors (Lipinski definition) is 8. The van der Waals surface area contributed by atoms with Crippen molar-refractivity contribution in [3.8, 4) is 0 Å². The van der Waals surface area contributed by atoms with E-state index in [1.807, 2.05) is 0 Å². The van der Waals surface area contributed by atoms with E-state index in [2.05, 4.69) is 123 Å². The van der Waals surface area contributed by atoms with Gasteiger partial charge in [0, 0.05) is 19.4 Å². The third-order valence-electron chi connectivity index (χ3n) is 17.1. The molecule has 0 aromatic heterocycles. The zero-order valence-corrected chi connectivity index (χ0v) is 61.6. The summed E-state index contributed by atoms with van der Waals surface area (Å²) >= 11 is 0. The molecule has 0 aliphatic heterocycles. The van der Waals surface area contributed by atoms with Crippen LogP contribution < -0.4 is 5.73 Å². The standard InChI is InChI=1S/C83H148NO8P/c1-3-5-7-9-11-13-15-17-19-21-23-25-27-29-31-33-35-37-38-39-40-41-42-44-45-47-49-51-53-55-57-59-61-63-65-67-69-71-73-75-82(85)89-79-81(80-91-93(87,88)90-78-77-84)92-83(86)76-74-72-70-68-66-64-62-60-58-56-54-52-50-48-46-43-36-34-32-30-28-26-24-22-20-18-16-14-12-10-8-6-4-2/h6,8,12,14,18,20-21,23-24,26,30,32,36,43,48,50,54,56,81H,3-5,7,9-11,13,15-17,19,22,25,27-29,31,33-35,37-42,44-47,49,51-53,55,57-80,84H2,1-2H3,(H,87,88)/b8-6-,14-12-,20-18-,23-21-,26-24-,32-30-,43-36-,50-48-,56-54-. The predicted octanol–water partition coefficient (Wildman–Crippen LogP) is 26.4. The van der Waals surface area contributed by atoms with Crippen molar-refractivity contribution in [3.63, 3.8) is 0 Å². The molecule has 10 heteroatoms. The monoisotopic (exact) mass is 1320 g/mol. The van der Waals surface area contributed by atoms with E-state index in [4.69, 9.17) is 24.3 Å². The molecular weight excluding hydrogens is 1170 g/mol. The van der Waals surface area contributed by atoms with E-state index >= 15 is 0 Å². The number of hydrogen-bond donors (Lipinski definition) is 2. The predicted molar refractivity (Wildman–Crippen MR) is 404 cm³/mol.